The Hall–Kier alpha value is -3.32. The number of piperidine rings is 1. The topological polar surface area (TPSA) is 81.4 Å². The predicted octanol–water partition coefficient (Wildman–Crippen LogP) is 4.85. The lowest BCUT2D eigenvalue weighted by molar-refractivity contribution is 0.124. The fourth-order valence-electron chi connectivity index (χ4n) is 4.26. The lowest BCUT2D eigenvalue weighted by atomic mass is 9.93. The number of rotatable bonds is 6. The SMILES string of the molecule is COc1cc2c(Nc3ccc4occcc3-4)ncnc2cc1OC(C)C1CCNCC1. The molecular weight excluding hydrogens is 392 g/mol. The van der Waals surface area contributed by atoms with Crippen molar-refractivity contribution in [3.8, 4) is 22.8 Å². The normalized spacial score (nSPS) is 15.8. The van der Waals surface area contributed by atoms with E-state index in [0.717, 1.165) is 53.8 Å². The summed E-state index contributed by atoms with van der Waals surface area (Å²) < 4.78 is 17.6. The number of aromatic nitrogens is 2. The van der Waals surface area contributed by atoms with Crippen LogP contribution in [-0.2, 0) is 0 Å². The van der Waals surface area contributed by atoms with Crippen LogP contribution in [0.1, 0.15) is 19.8 Å². The molecule has 5 rings (SSSR count). The predicted molar refractivity (Wildman–Crippen MR) is 120 cm³/mol. The van der Waals surface area contributed by atoms with E-state index in [-0.39, 0.29) is 6.10 Å². The molecule has 2 aromatic rings. The van der Waals surface area contributed by atoms with Gasteiger partial charge in [0.05, 0.1) is 30.7 Å². The van der Waals surface area contributed by atoms with E-state index < -0.39 is 0 Å². The summed E-state index contributed by atoms with van der Waals surface area (Å²) in [5.41, 5.74) is 2.72. The maximum absolute atomic E-state index is 6.34. The summed E-state index contributed by atoms with van der Waals surface area (Å²) in [6.07, 6.45) is 5.57. The van der Waals surface area contributed by atoms with Gasteiger partial charge in [0.15, 0.2) is 11.5 Å². The van der Waals surface area contributed by atoms with Gasteiger partial charge in [-0.05, 0) is 69.1 Å². The van der Waals surface area contributed by atoms with Gasteiger partial charge in [-0.3, -0.25) is 0 Å². The molecule has 0 amide bonds. The first-order valence-electron chi connectivity index (χ1n) is 10.7. The summed E-state index contributed by atoms with van der Waals surface area (Å²) in [6.45, 7) is 4.22. The van der Waals surface area contributed by atoms with Crippen LogP contribution in [0.25, 0.3) is 22.2 Å². The van der Waals surface area contributed by atoms with Gasteiger partial charge in [-0.25, -0.2) is 9.97 Å². The number of benzene rings is 1. The summed E-state index contributed by atoms with van der Waals surface area (Å²) in [5.74, 6) is 3.44. The summed E-state index contributed by atoms with van der Waals surface area (Å²) in [6, 6.07) is 11.7. The van der Waals surface area contributed by atoms with Gasteiger partial charge in [-0.1, -0.05) is 0 Å². The van der Waals surface area contributed by atoms with Gasteiger partial charge in [0.1, 0.15) is 17.9 Å². The number of nitrogens with zero attached hydrogens (tertiary/aromatic N) is 2. The van der Waals surface area contributed by atoms with Gasteiger partial charge in [0, 0.05) is 17.0 Å². The largest absolute Gasteiger partial charge is 0.493 e. The first-order valence-corrected chi connectivity index (χ1v) is 10.7. The molecule has 160 valence electrons. The highest BCUT2D eigenvalue weighted by atomic mass is 16.5. The van der Waals surface area contributed by atoms with E-state index in [4.69, 9.17) is 13.9 Å². The van der Waals surface area contributed by atoms with Crippen molar-refractivity contribution in [1.29, 1.82) is 0 Å². The maximum Gasteiger partial charge on any atom is 0.163 e. The minimum atomic E-state index is 0.104. The standard InChI is InChI=1S/C24H26N4O3/c1-15(16-7-9-25-10-8-16)31-23-13-20-18(12-22(23)29-2)24(27-14-26-20)28-19-5-6-21-17(19)4-3-11-30-21/h3-6,11-16,25H,7-10H2,1-2H3,(H,26,27,28). The van der Waals surface area contributed by atoms with Gasteiger partial charge >= 0.3 is 0 Å². The first-order chi connectivity index (χ1) is 15.2. The zero-order chi connectivity index (χ0) is 21.2. The Balaban J connectivity index is 1.46. The molecule has 31 heavy (non-hydrogen) atoms. The van der Waals surface area contributed by atoms with Crippen LogP contribution < -0.4 is 20.1 Å². The van der Waals surface area contributed by atoms with E-state index in [9.17, 15) is 0 Å². The molecule has 2 N–H and O–H groups in total. The Kier molecular flexibility index (Phi) is 5.34. The molecular formula is C24H26N4O3. The van der Waals surface area contributed by atoms with E-state index in [0.29, 0.717) is 23.2 Å². The summed E-state index contributed by atoms with van der Waals surface area (Å²) in [4.78, 5) is 8.95. The second-order valence-electron chi connectivity index (χ2n) is 7.92. The van der Waals surface area contributed by atoms with E-state index >= 15 is 0 Å². The summed E-state index contributed by atoms with van der Waals surface area (Å²) in [7, 11) is 1.66. The van der Waals surface area contributed by atoms with Crippen LogP contribution >= 0.6 is 0 Å². The molecule has 1 fully saturated rings. The van der Waals surface area contributed by atoms with Crippen LogP contribution in [-0.4, -0.2) is 36.3 Å². The Morgan fingerprint density at radius 1 is 1.13 bits per heavy atom. The highest BCUT2D eigenvalue weighted by Crippen LogP contribution is 2.38. The average molecular weight is 418 g/mol. The van der Waals surface area contributed by atoms with Gasteiger partial charge in [-0.2, -0.15) is 0 Å². The van der Waals surface area contributed by atoms with Crippen LogP contribution in [0.4, 0.5) is 11.5 Å². The Bertz CT molecular complexity index is 1150. The van der Waals surface area contributed by atoms with Crippen molar-refractivity contribution in [2.75, 3.05) is 25.5 Å². The van der Waals surface area contributed by atoms with Crippen LogP contribution in [0.15, 0.2) is 53.4 Å². The molecule has 0 radical (unpaired) electrons. The molecule has 0 bridgehead atoms. The van der Waals surface area contributed by atoms with Crippen LogP contribution in [0.3, 0.4) is 0 Å². The zero-order valence-corrected chi connectivity index (χ0v) is 17.7. The molecule has 1 saturated heterocycles. The number of hydrogen-bond donors (Lipinski definition) is 2. The van der Waals surface area contributed by atoms with Gasteiger partial charge in [0.25, 0.3) is 0 Å². The fraction of sp³-hybridized carbons (Fsp3) is 0.333. The van der Waals surface area contributed by atoms with Crippen molar-refractivity contribution in [2.45, 2.75) is 25.9 Å². The Morgan fingerprint density at radius 3 is 2.84 bits per heavy atom. The number of nitrogens with one attached hydrogen (secondary N) is 2. The van der Waals surface area contributed by atoms with E-state index in [1.54, 1.807) is 19.7 Å². The Labute approximate surface area is 181 Å². The van der Waals surface area contributed by atoms with Gasteiger partial charge in [0.2, 0.25) is 0 Å². The molecule has 3 heterocycles. The molecule has 1 aromatic heterocycles. The van der Waals surface area contributed by atoms with Crippen molar-refractivity contribution >= 4 is 22.4 Å². The molecule has 0 spiro atoms. The molecule has 1 unspecified atom stereocenters. The van der Waals surface area contributed by atoms with Crippen molar-refractivity contribution in [3.05, 3.63) is 49.0 Å². The number of methoxy groups -OCH3 is 1. The number of fused-ring (bicyclic) bond motifs is 2. The van der Waals surface area contributed by atoms with Crippen molar-refractivity contribution in [3.63, 3.8) is 0 Å². The zero-order valence-electron chi connectivity index (χ0n) is 17.7. The minimum Gasteiger partial charge on any atom is -0.493 e. The Morgan fingerprint density at radius 2 is 2.00 bits per heavy atom. The van der Waals surface area contributed by atoms with E-state index in [1.165, 1.54) is 0 Å². The molecule has 1 aliphatic carbocycles. The van der Waals surface area contributed by atoms with Crippen molar-refractivity contribution < 1.29 is 13.9 Å². The van der Waals surface area contributed by atoms with Crippen LogP contribution in [0.2, 0.25) is 0 Å². The van der Waals surface area contributed by atoms with Crippen LogP contribution in [0.5, 0.6) is 11.5 Å². The smallest absolute Gasteiger partial charge is 0.163 e. The third kappa shape index (κ3) is 3.88. The lowest BCUT2D eigenvalue weighted by Gasteiger charge is -2.29. The maximum atomic E-state index is 6.34. The second-order valence-corrected chi connectivity index (χ2v) is 7.92. The molecule has 3 aliphatic rings. The van der Waals surface area contributed by atoms with Crippen molar-refractivity contribution in [2.24, 2.45) is 5.92 Å². The monoisotopic (exact) mass is 418 g/mol. The number of ether oxygens (including phenoxy) is 2. The third-order valence-electron chi connectivity index (χ3n) is 6.03. The van der Waals surface area contributed by atoms with Gasteiger partial charge in [-0.15, -0.1) is 0 Å². The molecule has 0 saturated carbocycles. The molecule has 2 aliphatic heterocycles. The van der Waals surface area contributed by atoms with E-state index in [2.05, 4.69) is 27.5 Å². The molecule has 7 heteroatoms. The molecule has 7 nitrogen and oxygen atoms in total. The number of anilines is 2. The minimum absolute atomic E-state index is 0.104. The highest BCUT2D eigenvalue weighted by Gasteiger charge is 2.23. The highest BCUT2D eigenvalue weighted by molar-refractivity contribution is 5.94. The second kappa shape index (κ2) is 8.43. The number of hydrogen-bond acceptors (Lipinski definition) is 7. The molecule has 1 aromatic carbocycles. The lowest BCUT2D eigenvalue weighted by Crippen LogP contribution is -2.35. The molecule has 1 atom stereocenters. The summed E-state index contributed by atoms with van der Waals surface area (Å²) in [5, 5.41) is 7.69. The van der Waals surface area contributed by atoms with Gasteiger partial charge < -0.3 is 24.5 Å². The fourth-order valence-corrected chi connectivity index (χ4v) is 4.26. The summed E-state index contributed by atoms with van der Waals surface area (Å²) >= 11 is 0. The van der Waals surface area contributed by atoms with Crippen molar-refractivity contribution in [1.82, 2.24) is 15.3 Å². The van der Waals surface area contributed by atoms with Crippen LogP contribution in [0, 0.1) is 5.92 Å². The van der Waals surface area contributed by atoms with E-state index in [1.807, 2.05) is 36.4 Å². The third-order valence-corrected chi connectivity index (χ3v) is 6.03. The first kappa shape index (κ1) is 19.6. The average Bonchev–Trinajstić information content (AvgIpc) is 3.22. The quantitative estimate of drug-likeness (QED) is 0.463.